The van der Waals surface area contributed by atoms with Gasteiger partial charge in [0.1, 0.15) is 5.82 Å². The van der Waals surface area contributed by atoms with Crippen LogP contribution < -0.4 is 19.5 Å². The Kier molecular flexibility index (Phi) is 6.01. The van der Waals surface area contributed by atoms with Crippen LogP contribution in [-0.2, 0) is 11.3 Å². The maximum atomic E-state index is 12.8. The molecule has 0 saturated heterocycles. The van der Waals surface area contributed by atoms with Gasteiger partial charge in [-0.3, -0.25) is 4.79 Å². The number of benzene rings is 2. The lowest BCUT2D eigenvalue weighted by Gasteiger charge is -2.15. The zero-order valence-electron chi connectivity index (χ0n) is 13.9. The zero-order chi connectivity index (χ0) is 17.5. The van der Waals surface area contributed by atoms with E-state index in [-0.39, 0.29) is 18.3 Å². The molecule has 128 valence electrons. The van der Waals surface area contributed by atoms with E-state index in [0.29, 0.717) is 23.8 Å². The van der Waals surface area contributed by atoms with Crippen molar-refractivity contribution >= 4 is 5.91 Å². The van der Waals surface area contributed by atoms with Gasteiger partial charge in [0.05, 0.1) is 14.2 Å². The molecule has 0 unspecified atom stereocenters. The van der Waals surface area contributed by atoms with E-state index in [2.05, 4.69) is 5.32 Å². The summed E-state index contributed by atoms with van der Waals surface area (Å²) in [6.45, 7) is 2.02. The predicted molar refractivity (Wildman–Crippen MR) is 88.0 cm³/mol. The molecule has 0 radical (unpaired) electrons. The molecule has 1 amide bonds. The number of hydrogen-bond donors (Lipinski definition) is 1. The summed E-state index contributed by atoms with van der Waals surface area (Å²) in [6, 6.07) is 9.52. The Hall–Kier alpha value is -2.76. The van der Waals surface area contributed by atoms with Crippen LogP contribution in [0.1, 0.15) is 11.1 Å². The van der Waals surface area contributed by atoms with Crippen LogP contribution >= 0.6 is 0 Å². The van der Waals surface area contributed by atoms with Gasteiger partial charge in [0.15, 0.2) is 18.1 Å². The maximum Gasteiger partial charge on any atom is 0.258 e. The number of aryl methyl sites for hydroxylation is 1. The van der Waals surface area contributed by atoms with E-state index in [0.717, 1.165) is 11.1 Å². The van der Waals surface area contributed by atoms with Gasteiger partial charge < -0.3 is 19.5 Å². The molecule has 5 nitrogen and oxygen atoms in total. The number of methoxy groups -OCH3 is 2. The highest BCUT2D eigenvalue weighted by molar-refractivity contribution is 5.77. The van der Waals surface area contributed by atoms with Crippen molar-refractivity contribution in [3.8, 4) is 17.2 Å². The number of hydrogen-bond acceptors (Lipinski definition) is 4. The standard InChI is InChI=1S/C18H20FNO4/c1-12-8-15(22-2)18(16(9-12)23-3)24-11-17(21)20-10-13-4-6-14(19)7-5-13/h4-9H,10-11H2,1-3H3,(H,20,21). The Labute approximate surface area is 140 Å². The van der Waals surface area contributed by atoms with Gasteiger partial charge in [-0.2, -0.15) is 0 Å². The number of nitrogens with one attached hydrogen (secondary N) is 1. The van der Waals surface area contributed by atoms with Gasteiger partial charge in [-0.15, -0.1) is 0 Å². The average molecular weight is 333 g/mol. The van der Waals surface area contributed by atoms with Crippen molar-refractivity contribution in [2.75, 3.05) is 20.8 Å². The molecule has 0 aliphatic carbocycles. The molecule has 0 aromatic heterocycles. The molecular weight excluding hydrogens is 313 g/mol. The zero-order valence-corrected chi connectivity index (χ0v) is 13.9. The highest BCUT2D eigenvalue weighted by Gasteiger charge is 2.14. The number of ether oxygens (including phenoxy) is 3. The van der Waals surface area contributed by atoms with Crippen LogP contribution in [0.5, 0.6) is 17.2 Å². The minimum absolute atomic E-state index is 0.184. The predicted octanol–water partition coefficient (Wildman–Crippen LogP) is 2.85. The third-order valence-electron chi connectivity index (χ3n) is 3.36. The fourth-order valence-electron chi connectivity index (χ4n) is 2.14. The first kappa shape index (κ1) is 17.6. The van der Waals surface area contributed by atoms with Gasteiger partial charge in [0.25, 0.3) is 5.91 Å². The number of rotatable bonds is 7. The lowest BCUT2D eigenvalue weighted by Crippen LogP contribution is -2.28. The molecule has 2 aromatic rings. The first-order valence-electron chi connectivity index (χ1n) is 7.40. The van der Waals surface area contributed by atoms with Crippen molar-refractivity contribution in [3.63, 3.8) is 0 Å². The Morgan fingerprint density at radius 2 is 1.67 bits per heavy atom. The van der Waals surface area contributed by atoms with Gasteiger partial charge in [-0.1, -0.05) is 12.1 Å². The number of amides is 1. The van der Waals surface area contributed by atoms with Crippen LogP contribution in [0.15, 0.2) is 36.4 Å². The van der Waals surface area contributed by atoms with Crippen LogP contribution in [-0.4, -0.2) is 26.7 Å². The van der Waals surface area contributed by atoms with Crippen LogP contribution in [0.3, 0.4) is 0 Å². The third kappa shape index (κ3) is 4.62. The van der Waals surface area contributed by atoms with Crippen molar-refractivity contribution < 1.29 is 23.4 Å². The molecule has 0 spiro atoms. The summed E-state index contributed by atoms with van der Waals surface area (Å²) in [4.78, 5) is 11.9. The molecule has 2 rings (SSSR count). The third-order valence-corrected chi connectivity index (χ3v) is 3.36. The first-order chi connectivity index (χ1) is 11.5. The normalized spacial score (nSPS) is 10.2. The van der Waals surface area contributed by atoms with Crippen LogP contribution in [0, 0.1) is 12.7 Å². The second kappa shape index (κ2) is 8.19. The number of halogens is 1. The highest BCUT2D eigenvalue weighted by Crippen LogP contribution is 2.38. The second-order valence-electron chi connectivity index (χ2n) is 5.19. The lowest BCUT2D eigenvalue weighted by molar-refractivity contribution is -0.123. The Balaban J connectivity index is 1.95. The molecule has 6 heteroatoms. The van der Waals surface area contributed by atoms with Gasteiger partial charge >= 0.3 is 0 Å². The largest absolute Gasteiger partial charge is 0.493 e. The van der Waals surface area contributed by atoms with Gasteiger partial charge in [-0.25, -0.2) is 4.39 Å². The van der Waals surface area contributed by atoms with E-state index in [4.69, 9.17) is 14.2 Å². The van der Waals surface area contributed by atoms with E-state index in [1.807, 2.05) is 6.92 Å². The Morgan fingerprint density at radius 1 is 1.08 bits per heavy atom. The molecule has 2 aromatic carbocycles. The van der Waals surface area contributed by atoms with E-state index in [1.165, 1.54) is 26.4 Å². The fourth-order valence-corrected chi connectivity index (χ4v) is 2.14. The molecule has 1 N–H and O–H groups in total. The van der Waals surface area contributed by atoms with Gasteiger partial charge in [-0.05, 0) is 42.3 Å². The van der Waals surface area contributed by atoms with Crippen molar-refractivity contribution in [2.24, 2.45) is 0 Å². The minimum atomic E-state index is -0.313. The van der Waals surface area contributed by atoms with Crippen LogP contribution in [0.4, 0.5) is 4.39 Å². The minimum Gasteiger partial charge on any atom is -0.493 e. The van der Waals surface area contributed by atoms with E-state index in [1.54, 1.807) is 24.3 Å². The summed E-state index contributed by atoms with van der Waals surface area (Å²) in [7, 11) is 3.05. The SMILES string of the molecule is COc1cc(C)cc(OC)c1OCC(=O)NCc1ccc(F)cc1. The van der Waals surface area contributed by atoms with Crippen molar-refractivity contribution in [2.45, 2.75) is 13.5 Å². The summed E-state index contributed by atoms with van der Waals surface area (Å²) in [5.74, 6) is 0.759. The summed E-state index contributed by atoms with van der Waals surface area (Å²) >= 11 is 0. The quantitative estimate of drug-likeness (QED) is 0.846. The average Bonchev–Trinajstić information content (AvgIpc) is 2.59. The first-order valence-corrected chi connectivity index (χ1v) is 7.40. The monoisotopic (exact) mass is 333 g/mol. The van der Waals surface area contributed by atoms with E-state index >= 15 is 0 Å². The summed E-state index contributed by atoms with van der Waals surface area (Å²) in [5.41, 5.74) is 1.76. The Bertz CT molecular complexity index is 676. The molecule has 0 fully saturated rings. The molecule has 0 heterocycles. The summed E-state index contributed by atoms with van der Waals surface area (Å²) in [6.07, 6.45) is 0. The van der Waals surface area contributed by atoms with E-state index < -0.39 is 0 Å². The second-order valence-corrected chi connectivity index (χ2v) is 5.19. The molecule has 0 bridgehead atoms. The van der Waals surface area contributed by atoms with Crippen LogP contribution in [0.2, 0.25) is 0 Å². The maximum absolute atomic E-state index is 12.8. The summed E-state index contributed by atoms with van der Waals surface area (Å²) in [5, 5.41) is 2.71. The van der Waals surface area contributed by atoms with Crippen molar-refractivity contribution in [3.05, 3.63) is 53.3 Å². The van der Waals surface area contributed by atoms with Crippen molar-refractivity contribution in [1.82, 2.24) is 5.32 Å². The van der Waals surface area contributed by atoms with E-state index in [9.17, 15) is 9.18 Å². The van der Waals surface area contributed by atoms with Crippen LogP contribution in [0.25, 0.3) is 0 Å². The topological polar surface area (TPSA) is 56.8 Å². The molecule has 0 aliphatic heterocycles. The molecule has 24 heavy (non-hydrogen) atoms. The van der Waals surface area contributed by atoms with Gasteiger partial charge in [0, 0.05) is 6.54 Å². The smallest absolute Gasteiger partial charge is 0.258 e. The Morgan fingerprint density at radius 3 is 2.21 bits per heavy atom. The molecular formula is C18H20FNO4. The molecule has 0 saturated carbocycles. The van der Waals surface area contributed by atoms with Crippen molar-refractivity contribution in [1.29, 1.82) is 0 Å². The summed E-state index contributed by atoms with van der Waals surface area (Å²) < 4.78 is 28.9. The molecule has 0 atom stereocenters. The highest BCUT2D eigenvalue weighted by atomic mass is 19.1. The van der Waals surface area contributed by atoms with Gasteiger partial charge in [0.2, 0.25) is 5.75 Å². The lowest BCUT2D eigenvalue weighted by atomic mass is 10.2. The fraction of sp³-hybridized carbons (Fsp3) is 0.278. The number of carbonyl (C=O) groups is 1. The molecule has 0 aliphatic rings. The number of carbonyl (C=O) groups excluding carboxylic acids is 1.